The molecule has 0 saturated carbocycles. The largest absolute Gasteiger partial charge is 0.378 e. The van der Waals surface area contributed by atoms with Crippen LogP contribution in [-0.4, -0.2) is 51.9 Å². The first-order chi connectivity index (χ1) is 16.0. The Hall–Kier alpha value is -2.77. The highest BCUT2D eigenvalue weighted by atomic mass is 19.1. The summed E-state index contributed by atoms with van der Waals surface area (Å²) in [5, 5.41) is 8.88. The van der Waals surface area contributed by atoms with Crippen molar-refractivity contribution in [1.29, 1.82) is 0 Å². The van der Waals surface area contributed by atoms with Gasteiger partial charge < -0.3 is 10.1 Å². The molecule has 3 atom stereocenters. The van der Waals surface area contributed by atoms with Gasteiger partial charge in [-0.2, -0.15) is 5.10 Å². The molecule has 2 aliphatic rings. The van der Waals surface area contributed by atoms with E-state index in [-0.39, 0.29) is 35.9 Å². The fraction of sp³-hybridized carbons (Fsp3) is 0.462. The van der Waals surface area contributed by atoms with Gasteiger partial charge in [-0.3, -0.25) is 14.4 Å². The van der Waals surface area contributed by atoms with E-state index in [2.05, 4.69) is 24.1 Å². The maximum Gasteiger partial charge on any atom is 0.272 e. The third-order valence-corrected chi connectivity index (χ3v) is 7.12. The number of amides is 1. The van der Waals surface area contributed by atoms with Crippen LogP contribution in [0.4, 0.5) is 4.39 Å². The molecule has 2 fully saturated rings. The first-order valence-electron chi connectivity index (χ1n) is 11.9. The molecule has 3 heterocycles. The number of hydrogen-bond donors (Lipinski definition) is 1. The number of morpholine rings is 1. The fourth-order valence-corrected chi connectivity index (χ4v) is 5.19. The third-order valence-electron chi connectivity index (χ3n) is 7.12. The van der Waals surface area contributed by atoms with Gasteiger partial charge >= 0.3 is 0 Å². The Morgan fingerprint density at radius 3 is 2.55 bits per heavy atom. The van der Waals surface area contributed by atoms with Gasteiger partial charge in [-0.05, 0) is 49.9 Å². The van der Waals surface area contributed by atoms with E-state index in [4.69, 9.17) is 9.84 Å². The Balaban J connectivity index is 1.31. The number of halogens is 1. The molecule has 5 rings (SSSR count). The third kappa shape index (κ3) is 4.39. The van der Waals surface area contributed by atoms with Crippen molar-refractivity contribution in [3.8, 4) is 0 Å². The van der Waals surface area contributed by atoms with Crippen molar-refractivity contribution in [1.82, 2.24) is 20.0 Å². The van der Waals surface area contributed by atoms with Gasteiger partial charge in [-0.25, -0.2) is 4.39 Å². The molecule has 1 amide bonds. The number of para-hydroxylation sites is 1. The first kappa shape index (κ1) is 22.0. The van der Waals surface area contributed by atoms with Crippen LogP contribution >= 0.6 is 0 Å². The number of hydrogen-bond acceptors (Lipinski definition) is 4. The predicted molar refractivity (Wildman–Crippen MR) is 126 cm³/mol. The summed E-state index contributed by atoms with van der Waals surface area (Å²) in [5.41, 5.74) is 2.59. The van der Waals surface area contributed by atoms with Gasteiger partial charge in [-0.15, -0.1) is 0 Å². The van der Waals surface area contributed by atoms with E-state index in [0.29, 0.717) is 18.9 Å². The molecule has 2 aliphatic heterocycles. The minimum absolute atomic E-state index is 0.0772. The number of fused-ring (bicyclic) bond motifs is 3. The molecule has 1 aromatic heterocycles. The lowest BCUT2D eigenvalue weighted by Crippen LogP contribution is -2.60. The summed E-state index contributed by atoms with van der Waals surface area (Å²) in [6.07, 6.45) is 2.60. The van der Waals surface area contributed by atoms with Gasteiger partial charge in [0, 0.05) is 36.1 Å². The second-order valence-electron chi connectivity index (χ2n) is 9.35. The fourth-order valence-electron chi connectivity index (χ4n) is 5.19. The van der Waals surface area contributed by atoms with Crippen LogP contribution in [0.3, 0.4) is 0 Å². The van der Waals surface area contributed by atoms with Crippen LogP contribution in [0, 0.1) is 5.82 Å². The van der Waals surface area contributed by atoms with Crippen molar-refractivity contribution in [3.63, 3.8) is 0 Å². The molecular weight excluding hydrogens is 419 g/mol. The summed E-state index contributed by atoms with van der Waals surface area (Å²) in [6.45, 7) is 6.31. The number of ether oxygens (including phenoxy) is 1. The molecule has 0 radical (unpaired) electrons. The molecule has 3 unspecified atom stereocenters. The number of nitrogens with zero attached hydrogens (tertiary/aromatic N) is 3. The summed E-state index contributed by atoms with van der Waals surface area (Å²) in [6, 6.07) is 15.4. The molecule has 2 aromatic carbocycles. The van der Waals surface area contributed by atoms with E-state index in [0.717, 1.165) is 42.3 Å². The van der Waals surface area contributed by atoms with Crippen molar-refractivity contribution in [2.24, 2.45) is 0 Å². The van der Waals surface area contributed by atoms with Crippen molar-refractivity contribution < 1.29 is 13.9 Å². The highest BCUT2D eigenvalue weighted by Crippen LogP contribution is 2.30. The number of rotatable bonds is 6. The molecule has 0 aliphatic carbocycles. The van der Waals surface area contributed by atoms with Crippen LogP contribution in [0.1, 0.15) is 55.2 Å². The van der Waals surface area contributed by atoms with Gasteiger partial charge in [-0.1, -0.05) is 37.3 Å². The van der Waals surface area contributed by atoms with E-state index in [1.165, 1.54) is 12.1 Å². The summed E-state index contributed by atoms with van der Waals surface area (Å²) in [5.74, 6) is -0.323. The number of carbonyl (C=O) groups is 1. The second kappa shape index (κ2) is 9.23. The molecule has 7 heteroatoms. The lowest BCUT2D eigenvalue weighted by atomic mass is 9.89. The van der Waals surface area contributed by atoms with Gasteiger partial charge in [0.05, 0.1) is 18.7 Å². The summed E-state index contributed by atoms with van der Waals surface area (Å²) < 4.78 is 21.1. The summed E-state index contributed by atoms with van der Waals surface area (Å²) in [4.78, 5) is 15.8. The van der Waals surface area contributed by atoms with Crippen molar-refractivity contribution in [2.45, 2.75) is 63.8 Å². The Labute approximate surface area is 193 Å². The van der Waals surface area contributed by atoms with Gasteiger partial charge in [0.15, 0.2) is 5.69 Å². The van der Waals surface area contributed by atoms with Crippen molar-refractivity contribution in [3.05, 3.63) is 65.6 Å². The zero-order valence-corrected chi connectivity index (χ0v) is 19.2. The Morgan fingerprint density at radius 1 is 1.15 bits per heavy atom. The second-order valence-corrected chi connectivity index (χ2v) is 9.35. The highest BCUT2D eigenvalue weighted by molar-refractivity contribution is 6.05. The normalized spacial score (nSPS) is 24.0. The standard InChI is InChI=1S/C26H31FN4O2/c1-3-17(2)31-24-7-5-4-6-23(24)25(29-31)26(32)28-20-12-21-15-33-16-22(13-20)30(21)14-18-8-10-19(27)11-9-18/h4-11,17,20-22H,3,12-16H2,1-2H3,(H,28,32). The SMILES string of the molecule is CCC(C)n1nc(C(=O)NC2CC3COCC(C2)N3Cc2ccc(F)cc2)c2ccccc21. The molecule has 33 heavy (non-hydrogen) atoms. The maximum atomic E-state index is 13.3. The number of nitrogens with one attached hydrogen (secondary N) is 1. The first-order valence-corrected chi connectivity index (χ1v) is 11.9. The Morgan fingerprint density at radius 2 is 1.85 bits per heavy atom. The molecule has 2 saturated heterocycles. The van der Waals surface area contributed by atoms with Crippen LogP contribution in [0.25, 0.3) is 10.9 Å². The van der Waals surface area contributed by atoms with Gasteiger partial charge in [0.2, 0.25) is 0 Å². The lowest BCUT2D eigenvalue weighted by Gasteiger charge is -2.48. The average molecular weight is 451 g/mol. The number of carbonyl (C=O) groups excluding carboxylic acids is 1. The molecule has 1 N–H and O–H groups in total. The quantitative estimate of drug-likeness (QED) is 0.608. The monoisotopic (exact) mass is 450 g/mol. The average Bonchev–Trinajstić information content (AvgIpc) is 3.20. The molecule has 2 bridgehead atoms. The highest BCUT2D eigenvalue weighted by Gasteiger charge is 2.39. The number of piperidine rings is 1. The van der Waals surface area contributed by atoms with Gasteiger partial charge in [0.1, 0.15) is 5.82 Å². The molecule has 174 valence electrons. The smallest absolute Gasteiger partial charge is 0.272 e. The molecule has 6 nitrogen and oxygen atoms in total. The van der Waals surface area contributed by atoms with Crippen LogP contribution in [-0.2, 0) is 11.3 Å². The van der Waals surface area contributed by atoms with E-state index < -0.39 is 0 Å². The minimum atomic E-state index is -0.216. The van der Waals surface area contributed by atoms with E-state index in [1.807, 2.05) is 41.1 Å². The maximum absolute atomic E-state index is 13.3. The van der Waals surface area contributed by atoms with E-state index in [1.54, 1.807) is 0 Å². The summed E-state index contributed by atoms with van der Waals surface area (Å²) >= 11 is 0. The molecule has 0 spiro atoms. The van der Waals surface area contributed by atoms with Crippen LogP contribution in [0.5, 0.6) is 0 Å². The van der Waals surface area contributed by atoms with Gasteiger partial charge in [0.25, 0.3) is 5.91 Å². The van der Waals surface area contributed by atoms with E-state index >= 15 is 0 Å². The predicted octanol–water partition coefficient (Wildman–Crippen LogP) is 4.31. The summed E-state index contributed by atoms with van der Waals surface area (Å²) in [7, 11) is 0. The van der Waals surface area contributed by atoms with Crippen LogP contribution < -0.4 is 5.32 Å². The van der Waals surface area contributed by atoms with Crippen molar-refractivity contribution in [2.75, 3.05) is 13.2 Å². The Kier molecular flexibility index (Phi) is 6.17. The molecular formula is C26H31FN4O2. The zero-order chi connectivity index (χ0) is 22.9. The topological polar surface area (TPSA) is 59.4 Å². The zero-order valence-electron chi connectivity index (χ0n) is 19.2. The van der Waals surface area contributed by atoms with Crippen LogP contribution in [0.15, 0.2) is 48.5 Å². The van der Waals surface area contributed by atoms with Crippen molar-refractivity contribution >= 4 is 16.8 Å². The Bertz CT molecular complexity index is 1120. The van der Waals surface area contributed by atoms with E-state index in [9.17, 15) is 9.18 Å². The van der Waals surface area contributed by atoms with Crippen LogP contribution in [0.2, 0.25) is 0 Å². The minimum Gasteiger partial charge on any atom is -0.378 e. The number of aromatic nitrogens is 2. The number of benzene rings is 2. The molecule has 3 aromatic rings. The lowest BCUT2D eigenvalue weighted by molar-refractivity contribution is -0.0843.